The number of alkyl halides is 6. The van der Waals surface area contributed by atoms with E-state index in [0.717, 1.165) is 24.3 Å². The van der Waals surface area contributed by atoms with Crippen molar-refractivity contribution in [3.05, 3.63) is 95.7 Å². The van der Waals surface area contributed by atoms with Crippen LogP contribution in [0.25, 0.3) is 10.8 Å². The molecule has 1 aromatic heterocycles. The number of hydrogen-bond donors (Lipinski definition) is 0. The minimum Gasteiger partial charge on any atom is -0.406 e. The van der Waals surface area contributed by atoms with E-state index in [9.17, 15) is 34.8 Å². The summed E-state index contributed by atoms with van der Waals surface area (Å²) in [6.45, 7) is 2.80. The van der Waals surface area contributed by atoms with Crippen molar-refractivity contribution in [3.63, 3.8) is 0 Å². The van der Waals surface area contributed by atoms with E-state index in [1.54, 1.807) is 26.0 Å². The van der Waals surface area contributed by atoms with Crippen LogP contribution in [-0.4, -0.2) is 19.8 Å². The lowest BCUT2D eigenvalue weighted by atomic mass is 9.98. The quantitative estimate of drug-likeness (QED) is 0.215. The van der Waals surface area contributed by atoms with Gasteiger partial charge in [0.2, 0.25) is 0 Å². The van der Waals surface area contributed by atoms with Gasteiger partial charge in [0.25, 0.3) is 10.0 Å². The summed E-state index contributed by atoms with van der Waals surface area (Å²) >= 11 is 0. The van der Waals surface area contributed by atoms with Gasteiger partial charge in [-0.05, 0) is 41.1 Å². The van der Waals surface area contributed by atoms with Crippen molar-refractivity contribution in [2.75, 3.05) is 4.31 Å². The number of fused-ring (bicyclic) bond motifs is 1. The van der Waals surface area contributed by atoms with Crippen molar-refractivity contribution in [3.8, 4) is 5.75 Å². The van der Waals surface area contributed by atoms with Gasteiger partial charge in [-0.25, -0.2) is 17.7 Å². The zero-order chi connectivity index (χ0) is 28.6. The Morgan fingerprint density at radius 3 is 1.92 bits per heavy atom. The minimum absolute atomic E-state index is 0.109. The Bertz CT molecular complexity index is 1570. The van der Waals surface area contributed by atoms with Gasteiger partial charge in [-0.15, -0.1) is 13.2 Å². The predicted molar refractivity (Wildman–Crippen MR) is 134 cm³/mol. The monoisotopic (exact) mass is 568 g/mol. The fourth-order valence-electron chi connectivity index (χ4n) is 4.13. The van der Waals surface area contributed by atoms with Crippen LogP contribution < -0.4 is 9.04 Å². The van der Waals surface area contributed by atoms with Crippen molar-refractivity contribution < 1.29 is 39.5 Å². The molecular weight excluding hydrogens is 546 g/mol. The molecule has 0 amide bonds. The number of anilines is 1. The molecule has 4 rings (SSSR count). The summed E-state index contributed by atoms with van der Waals surface area (Å²) < 4.78 is 114. The highest BCUT2D eigenvalue weighted by Gasteiger charge is 2.42. The first-order valence-corrected chi connectivity index (χ1v) is 13.0. The molecule has 0 aliphatic heterocycles. The van der Waals surface area contributed by atoms with Crippen molar-refractivity contribution in [1.82, 2.24) is 4.98 Å². The molecule has 0 fully saturated rings. The normalized spacial score (nSPS) is 12.6. The molecule has 4 aromatic rings. The summed E-state index contributed by atoms with van der Waals surface area (Å²) in [7, 11) is -4.63. The molecule has 0 aliphatic carbocycles. The maximum atomic E-state index is 14.6. The van der Waals surface area contributed by atoms with E-state index in [1.807, 2.05) is 0 Å². The van der Waals surface area contributed by atoms with Crippen LogP contribution in [0.3, 0.4) is 0 Å². The molecule has 0 saturated heterocycles. The van der Waals surface area contributed by atoms with E-state index < -0.39 is 46.2 Å². The zero-order valence-corrected chi connectivity index (χ0v) is 21.4. The molecule has 0 unspecified atom stereocenters. The Kier molecular flexibility index (Phi) is 7.53. The Labute approximate surface area is 220 Å². The summed E-state index contributed by atoms with van der Waals surface area (Å²) in [5.41, 5.74) is -0.868. The van der Waals surface area contributed by atoms with E-state index in [0.29, 0.717) is 4.31 Å². The number of ether oxygens (including phenoxy) is 1. The molecule has 0 radical (unpaired) electrons. The van der Waals surface area contributed by atoms with Gasteiger partial charge in [0.1, 0.15) is 11.3 Å². The molecule has 5 nitrogen and oxygen atoms in total. The van der Waals surface area contributed by atoms with Crippen LogP contribution in [0.4, 0.5) is 32.2 Å². The van der Waals surface area contributed by atoms with Crippen LogP contribution in [0.2, 0.25) is 0 Å². The molecule has 0 spiro atoms. The number of benzene rings is 3. The van der Waals surface area contributed by atoms with Gasteiger partial charge in [-0.3, -0.25) is 0 Å². The number of rotatable bonds is 7. The number of halogens is 6. The number of aromatic nitrogens is 1. The maximum Gasteiger partial charge on any atom is 0.573 e. The lowest BCUT2D eigenvalue weighted by Gasteiger charge is -2.28. The number of nitrogens with zero attached hydrogens (tertiary/aromatic N) is 2. The number of hydrogen-bond acceptors (Lipinski definition) is 4. The van der Waals surface area contributed by atoms with Crippen molar-refractivity contribution in [2.24, 2.45) is 0 Å². The van der Waals surface area contributed by atoms with E-state index in [4.69, 9.17) is 0 Å². The molecule has 3 aromatic carbocycles. The minimum atomic E-state index is -4.99. The fourth-order valence-corrected chi connectivity index (χ4v) is 5.57. The second-order valence-corrected chi connectivity index (χ2v) is 10.8. The smallest absolute Gasteiger partial charge is 0.406 e. The second-order valence-electron chi connectivity index (χ2n) is 8.91. The van der Waals surface area contributed by atoms with E-state index in [2.05, 4.69) is 9.72 Å². The molecule has 0 bridgehead atoms. The third-order valence-electron chi connectivity index (χ3n) is 5.80. The first kappa shape index (κ1) is 28.2. The summed E-state index contributed by atoms with van der Waals surface area (Å²) in [4.78, 5) is 3.99. The largest absolute Gasteiger partial charge is 0.573 e. The van der Waals surface area contributed by atoms with Crippen LogP contribution in [-0.2, 0) is 22.7 Å². The Morgan fingerprint density at radius 1 is 0.821 bits per heavy atom. The average molecular weight is 569 g/mol. The molecule has 12 heteroatoms. The molecule has 39 heavy (non-hydrogen) atoms. The van der Waals surface area contributed by atoms with Gasteiger partial charge in [-0.1, -0.05) is 68.4 Å². The zero-order valence-electron chi connectivity index (χ0n) is 20.6. The van der Waals surface area contributed by atoms with Gasteiger partial charge in [0.15, 0.2) is 5.82 Å². The molecule has 1 heterocycles. The second kappa shape index (κ2) is 10.4. The van der Waals surface area contributed by atoms with E-state index >= 15 is 0 Å². The van der Waals surface area contributed by atoms with Gasteiger partial charge < -0.3 is 4.74 Å². The van der Waals surface area contributed by atoms with Crippen LogP contribution >= 0.6 is 0 Å². The van der Waals surface area contributed by atoms with E-state index in [-0.39, 0.29) is 32.8 Å². The summed E-state index contributed by atoms with van der Waals surface area (Å²) in [6, 6.07) is 16.8. The predicted octanol–water partition coefficient (Wildman–Crippen LogP) is 7.67. The van der Waals surface area contributed by atoms with Gasteiger partial charge in [-0.2, -0.15) is 13.2 Å². The standard InChI is InChI=1S/C27H22F6N2O3S/c1-17(2)24-22-11-7-6-10-21(22)23(26(28,29)30)25(34-24)35(39(36,37)20-8-4-3-5-9-20)16-18-12-14-19(15-13-18)38-27(31,32)33/h3-15,17H,16H2,1-2H3. The fraction of sp³-hybridized carbons (Fsp3) is 0.222. The Morgan fingerprint density at radius 2 is 1.38 bits per heavy atom. The topological polar surface area (TPSA) is 59.5 Å². The lowest BCUT2D eigenvalue weighted by Crippen LogP contribution is -2.33. The molecule has 0 aliphatic rings. The number of sulfonamides is 1. The lowest BCUT2D eigenvalue weighted by molar-refractivity contribution is -0.274. The third kappa shape index (κ3) is 6.11. The van der Waals surface area contributed by atoms with Crippen LogP contribution in [0.5, 0.6) is 5.75 Å². The highest BCUT2D eigenvalue weighted by atomic mass is 32.2. The first-order valence-electron chi connectivity index (χ1n) is 11.6. The summed E-state index contributed by atoms with van der Waals surface area (Å²) in [6.07, 6.45) is -9.94. The Hall–Kier alpha value is -3.80. The SMILES string of the molecule is CC(C)c1nc(N(Cc2ccc(OC(F)(F)F)cc2)S(=O)(=O)c2ccccc2)c(C(F)(F)F)c2ccccc12. The van der Waals surface area contributed by atoms with Crippen LogP contribution in [0, 0.1) is 0 Å². The van der Waals surface area contributed by atoms with E-state index in [1.165, 1.54) is 42.5 Å². The van der Waals surface area contributed by atoms with Crippen LogP contribution in [0.1, 0.15) is 36.6 Å². The first-order chi connectivity index (χ1) is 18.2. The van der Waals surface area contributed by atoms with Crippen molar-refractivity contribution in [1.29, 1.82) is 0 Å². The van der Waals surface area contributed by atoms with Gasteiger partial charge in [0.05, 0.1) is 17.1 Å². The Balaban J connectivity index is 1.98. The van der Waals surface area contributed by atoms with Gasteiger partial charge in [0, 0.05) is 5.39 Å². The molecule has 206 valence electrons. The van der Waals surface area contributed by atoms with Crippen molar-refractivity contribution >= 4 is 26.6 Å². The number of pyridine rings is 1. The third-order valence-corrected chi connectivity index (χ3v) is 7.55. The molecule has 0 N–H and O–H groups in total. The highest BCUT2D eigenvalue weighted by molar-refractivity contribution is 7.92. The maximum absolute atomic E-state index is 14.6. The molecule has 0 saturated carbocycles. The molecule has 0 atom stereocenters. The summed E-state index contributed by atoms with van der Waals surface area (Å²) in [5.74, 6) is -1.76. The van der Waals surface area contributed by atoms with Gasteiger partial charge >= 0.3 is 12.5 Å². The highest BCUT2D eigenvalue weighted by Crippen LogP contribution is 2.44. The summed E-state index contributed by atoms with van der Waals surface area (Å²) in [5, 5.41) is 0.00942. The molecular formula is C27H22F6N2O3S. The van der Waals surface area contributed by atoms with Crippen LogP contribution in [0.15, 0.2) is 83.8 Å². The average Bonchev–Trinajstić information content (AvgIpc) is 2.86. The van der Waals surface area contributed by atoms with Crippen molar-refractivity contribution in [2.45, 2.75) is 43.7 Å².